The Morgan fingerprint density at radius 1 is 1.40 bits per heavy atom. The van der Waals surface area contributed by atoms with Crippen molar-refractivity contribution in [2.24, 2.45) is 0 Å². The highest BCUT2D eigenvalue weighted by Crippen LogP contribution is 2.16. The normalized spacial score (nSPS) is 34.7. The number of halogens is 1. The van der Waals surface area contributed by atoms with Crippen molar-refractivity contribution >= 4 is 18.4 Å². The van der Waals surface area contributed by atoms with E-state index < -0.39 is 18.2 Å². The summed E-state index contributed by atoms with van der Waals surface area (Å²) in [7, 11) is 0. The Hall–Kier alpha value is -0.360. The van der Waals surface area contributed by atoms with Crippen LogP contribution in [0.25, 0.3) is 0 Å². The summed E-state index contributed by atoms with van der Waals surface area (Å²) in [5.74, 6) is -0.356. The van der Waals surface area contributed by atoms with E-state index in [-0.39, 0.29) is 30.8 Å². The maximum Gasteiger partial charge on any atom is 0.307 e. The highest BCUT2D eigenvalue weighted by Gasteiger charge is 2.39. The molecule has 0 radical (unpaired) electrons. The molecule has 0 aromatic carbocycles. The molecule has 15 heavy (non-hydrogen) atoms. The molecular weight excluding hydrogens is 222 g/mol. The summed E-state index contributed by atoms with van der Waals surface area (Å²) in [6.45, 7) is 3.83. The van der Waals surface area contributed by atoms with E-state index in [4.69, 9.17) is 4.74 Å². The lowest BCUT2D eigenvalue weighted by atomic mass is 10.1. The molecule has 5 nitrogen and oxygen atoms in total. The van der Waals surface area contributed by atoms with E-state index in [1.54, 1.807) is 13.8 Å². The highest BCUT2D eigenvalue weighted by atomic mass is 35.5. The zero-order valence-electron chi connectivity index (χ0n) is 8.84. The van der Waals surface area contributed by atoms with E-state index in [0.29, 0.717) is 6.61 Å². The molecule has 90 valence electrons. The van der Waals surface area contributed by atoms with Crippen LogP contribution >= 0.6 is 12.4 Å². The quantitative estimate of drug-likeness (QED) is 0.576. The lowest BCUT2D eigenvalue weighted by Gasteiger charge is -2.14. The molecule has 0 aromatic rings. The molecule has 0 amide bonds. The van der Waals surface area contributed by atoms with Gasteiger partial charge in [0, 0.05) is 12.1 Å². The van der Waals surface area contributed by atoms with Crippen LogP contribution in [0.15, 0.2) is 0 Å². The summed E-state index contributed by atoms with van der Waals surface area (Å²) >= 11 is 0. The summed E-state index contributed by atoms with van der Waals surface area (Å²) in [5, 5.41) is 21.9. The van der Waals surface area contributed by atoms with E-state index in [2.05, 4.69) is 5.32 Å². The SMILES string of the molecule is CCOC(=O)C[C@@H]1N[C@@H](C)[C@@H](O)[C@H]1O.Cl. The van der Waals surface area contributed by atoms with Gasteiger partial charge in [0.15, 0.2) is 0 Å². The molecule has 0 spiro atoms. The fourth-order valence-corrected chi connectivity index (χ4v) is 1.65. The van der Waals surface area contributed by atoms with Crippen LogP contribution < -0.4 is 5.32 Å². The lowest BCUT2D eigenvalue weighted by molar-refractivity contribution is -0.144. The number of aliphatic hydroxyl groups is 2. The van der Waals surface area contributed by atoms with E-state index in [1.165, 1.54) is 0 Å². The van der Waals surface area contributed by atoms with Gasteiger partial charge in [-0.3, -0.25) is 4.79 Å². The van der Waals surface area contributed by atoms with Crippen molar-refractivity contribution in [2.45, 2.75) is 44.6 Å². The van der Waals surface area contributed by atoms with Gasteiger partial charge in [-0.15, -0.1) is 12.4 Å². The molecule has 4 atom stereocenters. The Kier molecular flexibility index (Phi) is 6.12. The first kappa shape index (κ1) is 14.6. The second-order valence-corrected chi connectivity index (χ2v) is 3.55. The first-order chi connectivity index (χ1) is 6.56. The number of carbonyl (C=O) groups excluding carboxylic acids is 1. The van der Waals surface area contributed by atoms with Gasteiger partial charge in [-0.05, 0) is 13.8 Å². The van der Waals surface area contributed by atoms with Crippen molar-refractivity contribution in [1.29, 1.82) is 0 Å². The number of hydrogen-bond acceptors (Lipinski definition) is 5. The third-order valence-corrected chi connectivity index (χ3v) is 2.44. The van der Waals surface area contributed by atoms with Crippen molar-refractivity contribution in [2.75, 3.05) is 6.61 Å². The van der Waals surface area contributed by atoms with Crippen LogP contribution in [0.5, 0.6) is 0 Å². The Labute approximate surface area is 95.2 Å². The van der Waals surface area contributed by atoms with Crippen molar-refractivity contribution in [3.05, 3.63) is 0 Å². The van der Waals surface area contributed by atoms with E-state index in [0.717, 1.165) is 0 Å². The molecule has 1 heterocycles. The standard InChI is InChI=1S/C9H17NO4.ClH/c1-3-14-7(11)4-6-9(13)8(12)5(2)10-6;/h5-6,8-10,12-13H,3-4H2,1-2H3;1H/t5-,6-,8+,9-;/m0./s1. The van der Waals surface area contributed by atoms with Gasteiger partial charge in [0.1, 0.15) is 0 Å². The molecule has 0 unspecified atom stereocenters. The molecular formula is C9H18ClNO4. The summed E-state index contributed by atoms with van der Waals surface area (Å²) in [6.07, 6.45) is -1.61. The summed E-state index contributed by atoms with van der Waals surface area (Å²) < 4.78 is 4.75. The van der Waals surface area contributed by atoms with E-state index >= 15 is 0 Å². The number of nitrogens with one attached hydrogen (secondary N) is 1. The van der Waals surface area contributed by atoms with Gasteiger partial charge in [0.25, 0.3) is 0 Å². The fourth-order valence-electron chi connectivity index (χ4n) is 1.65. The van der Waals surface area contributed by atoms with Crippen molar-refractivity contribution in [3.8, 4) is 0 Å². The van der Waals surface area contributed by atoms with Gasteiger partial charge >= 0.3 is 5.97 Å². The summed E-state index contributed by atoms with van der Waals surface area (Å²) in [4.78, 5) is 11.1. The molecule has 1 rings (SSSR count). The molecule has 0 saturated carbocycles. The number of esters is 1. The van der Waals surface area contributed by atoms with Crippen LogP contribution in [0.3, 0.4) is 0 Å². The number of rotatable bonds is 3. The van der Waals surface area contributed by atoms with Gasteiger partial charge in [-0.25, -0.2) is 0 Å². The first-order valence-corrected chi connectivity index (χ1v) is 4.84. The maximum absolute atomic E-state index is 11.1. The van der Waals surface area contributed by atoms with Crippen LogP contribution in [0.4, 0.5) is 0 Å². The molecule has 6 heteroatoms. The van der Waals surface area contributed by atoms with Gasteiger partial charge in [-0.1, -0.05) is 0 Å². The summed E-state index contributed by atoms with van der Waals surface area (Å²) in [5.41, 5.74) is 0. The van der Waals surface area contributed by atoms with Gasteiger partial charge in [-0.2, -0.15) is 0 Å². The second kappa shape index (κ2) is 6.27. The lowest BCUT2D eigenvalue weighted by Crippen LogP contribution is -2.35. The monoisotopic (exact) mass is 239 g/mol. The molecule has 0 bridgehead atoms. The van der Waals surface area contributed by atoms with Crippen LogP contribution in [-0.2, 0) is 9.53 Å². The van der Waals surface area contributed by atoms with E-state index in [1.807, 2.05) is 0 Å². The Bertz CT molecular complexity index is 214. The molecule has 3 N–H and O–H groups in total. The Morgan fingerprint density at radius 2 is 2.00 bits per heavy atom. The third-order valence-electron chi connectivity index (χ3n) is 2.44. The molecule has 1 saturated heterocycles. The summed E-state index contributed by atoms with van der Waals surface area (Å²) in [6, 6.07) is -0.594. The third kappa shape index (κ3) is 3.61. The zero-order chi connectivity index (χ0) is 10.7. The maximum atomic E-state index is 11.1. The largest absolute Gasteiger partial charge is 0.466 e. The van der Waals surface area contributed by atoms with Crippen LogP contribution in [0.1, 0.15) is 20.3 Å². The molecule has 1 aliphatic heterocycles. The van der Waals surface area contributed by atoms with Crippen LogP contribution in [0.2, 0.25) is 0 Å². The number of ether oxygens (including phenoxy) is 1. The number of hydrogen-bond donors (Lipinski definition) is 3. The predicted octanol–water partition coefficient (Wildman–Crippen LogP) is -0.556. The van der Waals surface area contributed by atoms with Gasteiger partial charge < -0.3 is 20.3 Å². The average molecular weight is 240 g/mol. The minimum absolute atomic E-state index is 0. The first-order valence-electron chi connectivity index (χ1n) is 4.84. The second-order valence-electron chi connectivity index (χ2n) is 3.55. The molecule has 1 aliphatic rings. The Morgan fingerprint density at radius 3 is 2.40 bits per heavy atom. The van der Waals surface area contributed by atoms with Gasteiger partial charge in [0.2, 0.25) is 0 Å². The predicted molar refractivity (Wildman–Crippen MR) is 56.9 cm³/mol. The number of aliphatic hydroxyl groups excluding tert-OH is 2. The topological polar surface area (TPSA) is 78.8 Å². The van der Waals surface area contributed by atoms with Gasteiger partial charge in [0.05, 0.1) is 25.2 Å². The zero-order valence-corrected chi connectivity index (χ0v) is 9.66. The minimum Gasteiger partial charge on any atom is -0.466 e. The fraction of sp³-hybridized carbons (Fsp3) is 0.889. The van der Waals surface area contributed by atoms with Crippen LogP contribution in [-0.4, -0.2) is 47.1 Å². The minimum atomic E-state index is -0.894. The smallest absolute Gasteiger partial charge is 0.307 e. The average Bonchev–Trinajstić information content (AvgIpc) is 2.34. The van der Waals surface area contributed by atoms with Crippen LogP contribution in [0, 0.1) is 0 Å². The Balaban J connectivity index is 0.00000196. The van der Waals surface area contributed by atoms with E-state index in [9.17, 15) is 15.0 Å². The molecule has 0 aliphatic carbocycles. The highest BCUT2D eigenvalue weighted by molar-refractivity contribution is 5.85. The molecule has 0 aromatic heterocycles. The van der Waals surface area contributed by atoms with Crippen molar-refractivity contribution in [1.82, 2.24) is 5.32 Å². The van der Waals surface area contributed by atoms with Crippen molar-refractivity contribution in [3.63, 3.8) is 0 Å². The number of carbonyl (C=O) groups is 1. The molecule has 1 fully saturated rings. The van der Waals surface area contributed by atoms with Crippen molar-refractivity contribution < 1.29 is 19.7 Å².